The molecule has 0 heterocycles. The summed E-state index contributed by atoms with van der Waals surface area (Å²) >= 11 is 0. The Kier molecular flexibility index (Phi) is 6.49. The molecule has 0 fully saturated rings. The minimum Gasteiger partial charge on any atom is -0.450 e. The topological polar surface area (TPSA) is 133 Å². The highest BCUT2D eigenvalue weighted by atomic mass is 32.2. The summed E-state index contributed by atoms with van der Waals surface area (Å²) in [6.45, 7) is 4.21. The molecule has 2 aromatic rings. The number of hydrogen-bond acceptors (Lipinski definition) is 8. The molecule has 0 spiro atoms. The van der Waals surface area contributed by atoms with Crippen molar-refractivity contribution in [3.05, 3.63) is 48.6 Å². The van der Waals surface area contributed by atoms with Gasteiger partial charge in [-0.05, 0) is 19.1 Å². The molecular weight excluding hydrogens is 392 g/mol. The molecule has 0 unspecified atom stereocenters. The second-order valence-corrected chi connectivity index (χ2v) is 7.09. The maximum absolute atomic E-state index is 11.9. The second kappa shape index (κ2) is 8.63. The Morgan fingerprint density at radius 1 is 0.964 bits per heavy atom. The molecule has 0 atom stereocenters. The highest BCUT2D eigenvalue weighted by Gasteiger charge is 2.18. The number of esters is 3. The van der Waals surface area contributed by atoms with Gasteiger partial charge in [0.15, 0.2) is 12.4 Å². The average molecular weight is 408 g/mol. The van der Waals surface area contributed by atoms with Crippen LogP contribution >= 0.6 is 0 Å². The maximum Gasteiger partial charge on any atom is 0.349 e. The van der Waals surface area contributed by atoms with Gasteiger partial charge in [-0.25, -0.2) is 9.59 Å². The third-order valence-corrected chi connectivity index (χ3v) is 3.86. The zero-order valence-corrected chi connectivity index (χ0v) is 15.5. The Balaban J connectivity index is 2.21. The Hall–Kier alpha value is -3.24. The van der Waals surface area contributed by atoms with Crippen LogP contribution in [-0.2, 0) is 29.2 Å². The van der Waals surface area contributed by atoms with Gasteiger partial charge >= 0.3 is 17.9 Å². The zero-order valence-electron chi connectivity index (χ0n) is 14.7. The molecule has 9 nitrogen and oxygen atoms in total. The van der Waals surface area contributed by atoms with E-state index in [9.17, 15) is 22.8 Å². The molecule has 2 rings (SSSR count). The van der Waals surface area contributed by atoms with Crippen molar-refractivity contribution in [2.45, 2.75) is 6.92 Å². The second-order valence-electron chi connectivity index (χ2n) is 5.64. The monoisotopic (exact) mass is 408 g/mol. The van der Waals surface area contributed by atoms with E-state index in [0.29, 0.717) is 10.8 Å². The molecule has 148 valence electrons. The molecule has 0 amide bonds. The van der Waals surface area contributed by atoms with Gasteiger partial charge in [-0.15, -0.1) is 0 Å². The number of carbonyl (C=O) groups is 3. The van der Waals surface area contributed by atoms with Gasteiger partial charge in [0, 0.05) is 16.3 Å². The van der Waals surface area contributed by atoms with Crippen molar-refractivity contribution in [1.29, 1.82) is 0 Å². The van der Waals surface area contributed by atoms with E-state index in [2.05, 4.69) is 6.58 Å². The molecular formula is C18H16O9S. The summed E-state index contributed by atoms with van der Waals surface area (Å²) in [4.78, 5) is 34.8. The third kappa shape index (κ3) is 5.89. The van der Waals surface area contributed by atoms with Crippen LogP contribution < -0.4 is 9.47 Å². The van der Waals surface area contributed by atoms with Gasteiger partial charge in [-0.1, -0.05) is 30.8 Å². The number of benzene rings is 2. The summed E-state index contributed by atoms with van der Waals surface area (Å²) in [6, 6.07) is 9.04. The van der Waals surface area contributed by atoms with Crippen LogP contribution in [0.15, 0.2) is 48.6 Å². The minimum absolute atomic E-state index is 0.0118. The largest absolute Gasteiger partial charge is 0.450 e. The molecule has 1 N–H and O–H groups in total. The molecule has 0 aliphatic heterocycles. The molecule has 2 aromatic carbocycles. The van der Waals surface area contributed by atoms with Crippen LogP contribution in [0.4, 0.5) is 0 Å². The van der Waals surface area contributed by atoms with Gasteiger partial charge in [0.2, 0.25) is 0 Å². The van der Waals surface area contributed by atoms with Crippen molar-refractivity contribution in [1.82, 2.24) is 0 Å². The van der Waals surface area contributed by atoms with Crippen molar-refractivity contribution in [2.24, 2.45) is 0 Å². The number of fused-ring (bicyclic) bond motifs is 1. The Bertz CT molecular complexity index is 1050. The van der Waals surface area contributed by atoms with Crippen LogP contribution in [0.2, 0.25) is 0 Å². The van der Waals surface area contributed by atoms with Gasteiger partial charge in [-0.3, -0.25) is 9.35 Å². The summed E-state index contributed by atoms with van der Waals surface area (Å²) < 4.78 is 45.1. The van der Waals surface area contributed by atoms with Crippen LogP contribution in [0, 0.1) is 0 Å². The summed E-state index contributed by atoms with van der Waals surface area (Å²) in [5, 5.41) is 0.745. The van der Waals surface area contributed by atoms with Crippen molar-refractivity contribution in [3.63, 3.8) is 0 Å². The van der Waals surface area contributed by atoms with E-state index in [4.69, 9.17) is 18.8 Å². The summed E-state index contributed by atoms with van der Waals surface area (Å²) in [7, 11) is -4.53. The van der Waals surface area contributed by atoms with Gasteiger partial charge in [0.05, 0.1) is 0 Å². The Morgan fingerprint density at radius 3 is 1.93 bits per heavy atom. The quantitative estimate of drug-likeness (QED) is 0.314. The van der Waals surface area contributed by atoms with E-state index >= 15 is 0 Å². The van der Waals surface area contributed by atoms with E-state index in [-0.39, 0.29) is 17.1 Å². The molecule has 0 aliphatic rings. The normalized spacial score (nSPS) is 10.9. The fourth-order valence-corrected chi connectivity index (χ4v) is 2.48. The van der Waals surface area contributed by atoms with Crippen molar-refractivity contribution < 1.29 is 41.6 Å². The first-order valence-electron chi connectivity index (χ1n) is 7.77. The molecule has 0 saturated heterocycles. The predicted molar refractivity (Wildman–Crippen MR) is 97.4 cm³/mol. The van der Waals surface area contributed by atoms with E-state index in [1.54, 1.807) is 24.3 Å². The lowest BCUT2D eigenvalue weighted by Gasteiger charge is -2.11. The molecule has 0 aliphatic carbocycles. The van der Waals surface area contributed by atoms with Crippen LogP contribution in [0.1, 0.15) is 6.92 Å². The zero-order chi connectivity index (χ0) is 20.9. The summed E-state index contributed by atoms with van der Waals surface area (Å²) in [5.41, 5.74) is 0.134. The lowest BCUT2D eigenvalue weighted by atomic mass is 10.1. The van der Waals surface area contributed by atoms with Crippen LogP contribution in [0.25, 0.3) is 10.8 Å². The summed E-state index contributed by atoms with van der Waals surface area (Å²) in [5.74, 6) is -3.83. The Labute approximate surface area is 160 Å². The molecule has 10 heteroatoms. The molecule has 0 saturated carbocycles. The van der Waals surface area contributed by atoms with Crippen molar-refractivity contribution in [2.75, 3.05) is 12.4 Å². The third-order valence-electron chi connectivity index (χ3n) is 3.26. The van der Waals surface area contributed by atoms with Crippen molar-refractivity contribution in [3.8, 4) is 11.5 Å². The van der Waals surface area contributed by atoms with Gasteiger partial charge in [0.1, 0.15) is 11.5 Å². The summed E-state index contributed by atoms with van der Waals surface area (Å²) in [6.07, 6.45) is 0. The van der Waals surface area contributed by atoms with Gasteiger partial charge < -0.3 is 14.2 Å². The molecule has 0 radical (unpaired) electrons. The number of ether oxygens (including phenoxy) is 3. The van der Waals surface area contributed by atoms with Gasteiger partial charge in [0.25, 0.3) is 10.1 Å². The highest BCUT2D eigenvalue weighted by molar-refractivity contribution is 7.86. The Morgan fingerprint density at radius 2 is 1.46 bits per heavy atom. The van der Waals surface area contributed by atoms with E-state index in [1.165, 1.54) is 19.1 Å². The lowest BCUT2D eigenvalue weighted by molar-refractivity contribution is -0.150. The molecule has 0 bridgehead atoms. The van der Waals surface area contributed by atoms with E-state index in [1.807, 2.05) is 0 Å². The van der Waals surface area contributed by atoms with Crippen molar-refractivity contribution >= 4 is 38.8 Å². The van der Waals surface area contributed by atoms with Crippen LogP contribution in [0.3, 0.4) is 0 Å². The predicted octanol–water partition coefficient (Wildman–Crippen LogP) is 1.66. The smallest absolute Gasteiger partial charge is 0.349 e. The fourth-order valence-electron chi connectivity index (χ4n) is 2.12. The standard InChI is InChI=1S/C18H16O9S/c1-11(2)18(21)25-9-16(19)26-14-7-8-15(13-6-4-3-5-12(13)14)27-17(20)10-28(22,23)24/h3-8H,1,9-10H2,2H3,(H,22,23,24). The maximum atomic E-state index is 11.9. The molecule has 28 heavy (non-hydrogen) atoms. The lowest BCUT2D eigenvalue weighted by Crippen LogP contribution is -2.20. The first-order chi connectivity index (χ1) is 13.1. The first kappa shape index (κ1) is 21.1. The van der Waals surface area contributed by atoms with Crippen LogP contribution in [0.5, 0.6) is 11.5 Å². The highest BCUT2D eigenvalue weighted by Crippen LogP contribution is 2.33. The molecule has 0 aromatic heterocycles. The van der Waals surface area contributed by atoms with E-state index in [0.717, 1.165) is 0 Å². The average Bonchev–Trinajstić information content (AvgIpc) is 2.60. The number of rotatable bonds is 7. The first-order valence-corrected chi connectivity index (χ1v) is 9.38. The fraction of sp³-hybridized carbons (Fsp3) is 0.167. The number of hydrogen-bond donors (Lipinski definition) is 1. The van der Waals surface area contributed by atoms with Gasteiger partial charge in [-0.2, -0.15) is 8.42 Å². The number of carbonyl (C=O) groups excluding carboxylic acids is 3. The van der Waals surface area contributed by atoms with E-state index < -0.39 is 40.4 Å². The SMILES string of the molecule is C=C(C)C(=O)OCC(=O)Oc1ccc(OC(=O)CS(=O)(=O)O)c2ccccc12. The van der Waals surface area contributed by atoms with Crippen LogP contribution in [-0.4, -0.2) is 43.2 Å². The minimum atomic E-state index is -4.53.